The molecule has 0 aliphatic carbocycles. The van der Waals surface area contributed by atoms with Gasteiger partial charge in [0.15, 0.2) is 0 Å². The van der Waals surface area contributed by atoms with Gasteiger partial charge in [0.2, 0.25) is 0 Å². The van der Waals surface area contributed by atoms with E-state index in [4.69, 9.17) is 4.74 Å². The third-order valence-electron chi connectivity index (χ3n) is 3.16. The summed E-state index contributed by atoms with van der Waals surface area (Å²) in [6.45, 7) is 8.29. The van der Waals surface area contributed by atoms with Gasteiger partial charge in [-0.25, -0.2) is 0 Å². The van der Waals surface area contributed by atoms with Gasteiger partial charge in [-0.3, -0.25) is 4.90 Å². The van der Waals surface area contributed by atoms with Crippen LogP contribution in [0, 0.1) is 5.92 Å². The van der Waals surface area contributed by atoms with Crippen LogP contribution in [-0.2, 0) is 4.74 Å². The fourth-order valence-corrected chi connectivity index (χ4v) is 2.32. The average molecular weight is 230 g/mol. The SMILES string of the molecule is COCCN1CC(CC(C)C)NCC1CO. The summed E-state index contributed by atoms with van der Waals surface area (Å²) >= 11 is 0. The Morgan fingerprint density at radius 2 is 2.25 bits per heavy atom. The zero-order valence-electron chi connectivity index (χ0n) is 10.8. The van der Waals surface area contributed by atoms with E-state index in [2.05, 4.69) is 24.1 Å². The first-order chi connectivity index (χ1) is 7.67. The molecule has 1 rings (SSSR count). The highest BCUT2D eigenvalue weighted by atomic mass is 16.5. The van der Waals surface area contributed by atoms with Crippen LogP contribution < -0.4 is 5.32 Å². The zero-order valence-corrected chi connectivity index (χ0v) is 10.8. The van der Waals surface area contributed by atoms with Gasteiger partial charge in [0.05, 0.1) is 13.2 Å². The van der Waals surface area contributed by atoms with Gasteiger partial charge < -0.3 is 15.2 Å². The van der Waals surface area contributed by atoms with Crippen LogP contribution in [0.3, 0.4) is 0 Å². The summed E-state index contributed by atoms with van der Waals surface area (Å²) in [5.41, 5.74) is 0. The highest BCUT2D eigenvalue weighted by Crippen LogP contribution is 2.12. The van der Waals surface area contributed by atoms with Crippen molar-refractivity contribution < 1.29 is 9.84 Å². The van der Waals surface area contributed by atoms with E-state index in [1.54, 1.807) is 7.11 Å². The molecule has 0 radical (unpaired) electrons. The van der Waals surface area contributed by atoms with Gasteiger partial charge in [0, 0.05) is 38.8 Å². The molecule has 0 bridgehead atoms. The lowest BCUT2D eigenvalue weighted by atomic mass is 10.00. The molecule has 0 aromatic carbocycles. The smallest absolute Gasteiger partial charge is 0.0599 e. The lowest BCUT2D eigenvalue weighted by molar-refractivity contribution is 0.0524. The highest BCUT2D eigenvalue weighted by Gasteiger charge is 2.27. The van der Waals surface area contributed by atoms with Crippen molar-refractivity contribution in [2.45, 2.75) is 32.4 Å². The molecular weight excluding hydrogens is 204 g/mol. The Kier molecular flexibility index (Phi) is 6.28. The number of rotatable bonds is 6. The van der Waals surface area contributed by atoms with E-state index < -0.39 is 0 Å². The maximum atomic E-state index is 9.31. The predicted molar refractivity (Wildman–Crippen MR) is 65.6 cm³/mol. The summed E-state index contributed by atoms with van der Waals surface area (Å²) in [7, 11) is 1.72. The van der Waals surface area contributed by atoms with E-state index >= 15 is 0 Å². The molecule has 1 saturated heterocycles. The van der Waals surface area contributed by atoms with Crippen LogP contribution in [-0.4, -0.2) is 62.0 Å². The van der Waals surface area contributed by atoms with Crippen LogP contribution in [0.5, 0.6) is 0 Å². The largest absolute Gasteiger partial charge is 0.395 e. The van der Waals surface area contributed by atoms with Crippen molar-refractivity contribution in [3.8, 4) is 0 Å². The first-order valence-corrected chi connectivity index (χ1v) is 6.24. The second-order valence-corrected chi connectivity index (χ2v) is 5.06. The Hall–Kier alpha value is -0.160. The predicted octanol–water partition coefficient (Wildman–Crippen LogP) is 0.314. The number of ether oxygens (including phenoxy) is 1. The maximum absolute atomic E-state index is 9.31. The second kappa shape index (κ2) is 7.22. The molecule has 16 heavy (non-hydrogen) atoms. The number of methoxy groups -OCH3 is 1. The minimum atomic E-state index is 0.227. The summed E-state index contributed by atoms with van der Waals surface area (Å²) in [6, 6.07) is 0.804. The van der Waals surface area contributed by atoms with Gasteiger partial charge in [-0.05, 0) is 12.3 Å². The first-order valence-electron chi connectivity index (χ1n) is 6.24. The average Bonchev–Trinajstić information content (AvgIpc) is 2.25. The van der Waals surface area contributed by atoms with Crippen molar-refractivity contribution in [1.82, 2.24) is 10.2 Å². The monoisotopic (exact) mass is 230 g/mol. The van der Waals surface area contributed by atoms with Crippen molar-refractivity contribution in [2.24, 2.45) is 5.92 Å². The number of hydrogen-bond acceptors (Lipinski definition) is 4. The topological polar surface area (TPSA) is 44.7 Å². The number of aliphatic hydroxyl groups is 1. The van der Waals surface area contributed by atoms with E-state index in [0.29, 0.717) is 12.0 Å². The van der Waals surface area contributed by atoms with Crippen LogP contribution in [0.25, 0.3) is 0 Å². The number of hydrogen-bond donors (Lipinski definition) is 2. The molecule has 0 aromatic heterocycles. The molecule has 1 aliphatic heterocycles. The minimum Gasteiger partial charge on any atom is -0.395 e. The molecule has 96 valence electrons. The lowest BCUT2D eigenvalue weighted by Crippen LogP contribution is -2.58. The van der Waals surface area contributed by atoms with Crippen molar-refractivity contribution in [1.29, 1.82) is 0 Å². The van der Waals surface area contributed by atoms with Crippen LogP contribution in [0.4, 0.5) is 0 Å². The summed E-state index contributed by atoms with van der Waals surface area (Å²) in [5, 5.41) is 12.8. The minimum absolute atomic E-state index is 0.227. The molecule has 1 aliphatic rings. The molecule has 1 fully saturated rings. The molecule has 0 amide bonds. The van der Waals surface area contributed by atoms with Gasteiger partial charge >= 0.3 is 0 Å². The van der Waals surface area contributed by atoms with Crippen molar-refractivity contribution in [3.63, 3.8) is 0 Å². The standard InChI is InChI=1S/C12H26N2O2/c1-10(2)6-11-8-14(4-5-16-3)12(9-15)7-13-11/h10-13,15H,4-9H2,1-3H3. The first kappa shape index (κ1) is 13.9. The Morgan fingerprint density at radius 3 is 2.81 bits per heavy atom. The van der Waals surface area contributed by atoms with Crippen LogP contribution in [0.2, 0.25) is 0 Å². The third kappa shape index (κ3) is 4.37. The summed E-state index contributed by atoms with van der Waals surface area (Å²) in [6.07, 6.45) is 1.20. The van der Waals surface area contributed by atoms with Crippen molar-refractivity contribution in [3.05, 3.63) is 0 Å². The number of piperazine rings is 1. The van der Waals surface area contributed by atoms with E-state index in [1.165, 1.54) is 6.42 Å². The molecule has 0 spiro atoms. The molecular formula is C12H26N2O2. The Labute approximate surface area is 99.0 Å². The molecule has 0 saturated carbocycles. The Balaban J connectivity index is 2.41. The molecule has 0 aromatic rings. The van der Waals surface area contributed by atoms with Crippen LogP contribution >= 0.6 is 0 Å². The summed E-state index contributed by atoms with van der Waals surface area (Å²) in [5.74, 6) is 0.715. The van der Waals surface area contributed by atoms with Gasteiger partial charge in [-0.15, -0.1) is 0 Å². The fraction of sp³-hybridized carbons (Fsp3) is 1.00. The number of aliphatic hydroxyl groups excluding tert-OH is 1. The van der Waals surface area contributed by atoms with E-state index in [0.717, 1.165) is 26.2 Å². The van der Waals surface area contributed by atoms with Gasteiger partial charge in [0.25, 0.3) is 0 Å². The van der Waals surface area contributed by atoms with Crippen LogP contribution in [0.1, 0.15) is 20.3 Å². The fourth-order valence-electron chi connectivity index (χ4n) is 2.32. The zero-order chi connectivity index (χ0) is 12.0. The van der Waals surface area contributed by atoms with Crippen molar-refractivity contribution in [2.75, 3.05) is 40.0 Å². The van der Waals surface area contributed by atoms with Gasteiger partial charge in [-0.1, -0.05) is 13.8 Å². The molecule has 2 unspecified atom stereocenters. The van der Waals surface area contributed by atoms with Crippen molar-refractivity contribution >= 4 is 0 Å². The maximum Gasteiger partial charge on any atom is 0.0599 e. The molecule has 2 N–H and O–H groups in total. The molecule has 1 heterocycles. The van der Waals surface area contributed by atoms with Gasteiger partial charge in [0.1, 0.15) is 0 Å². The number of nitrogens with zero attached hydrogens (tertiary/aromatic N) is 1. The summed E-state index contributed by atoms with van der Waals surface area (Å²) < 4.78 is 5.11. The number of nitrogens with one attached hydrogen (secondary N) is 1. The Bertz CT molecular complexity index is 188. The normalized spacial score (nSPS) is 27.6. The van der Waals surface area contributed by atoms with E-state index in [9.17, 15) is 5.11 Å². The Morgan fingerprint density at radius 1 is 1.50 bits per heavy atom. The molecule has 2 atom stereocenters. The van der Waals surface area contributed by atoms with Gasteiger partial charge in [-0.2, -0.15) is 0 Å². The molecule has 4 nitrogen and oxygen atoms in total. The van der Waals surface area contributed by atoms with E-state index in [-0.39, 0.29) is 12.6 Å². The second-order valence-electron chi connectivity index (χ2n) is 5.06. The lowest BCUT2D eigenvalue weighted by Gasteiger charge is -2.40. The third-order valence-corrected chi connectivity index (χ3v) is 3.16. The van der Waals surface area contributed by atoms with E-state index in [1.807, 2.05) is 0 Å². The summed E-state index contributed by atoms with van der Waals surface area (Å²) in [4.78, 5) is 2.34. The highest BCUT2D eigenvalue weighted by molar-refractivity contribution is 4.86. The van der Waals surface area contributed by atoms with Crippen LogP contribution in [0.15, 0.2) is 0 Å². The molecule has 4 heteroatoms. The quantitative estimate of drug-likeness (QED) is 0.689.